The molecule has 1 aliphatic heterocycles. The molecule has 4 heterocycles. The van der Waals surface area contributed by atoms with Crippen molar-refractivity contribution in [3.63, 3.8) is 0 Å². The van der Waals surface area contributed by atoms with E-state index in [2.05, 4.69) is 42.0 Å². The molecule has 0 aliphatic carbocycles. The number of aromatic nitrogens is 6. The van der Waals surface area contributed by atoms with Gasteiger partial charge in [0.05, 0.1) is 0 Å². The Morgan fingerprint density at radius 3 is 2.96 bits per heavy atom. The highest BCUT2D eigenvalue weighted by molar-refractivity contribution is 5.52. The Hall–Kier alpha value is -2.83. The molecule has 0 amide bonds. The molecule has 4 rings (SSSR count). The van der Waals surface area contributed by atoms with Crippen LogP contribution >= 0.6 is 0 Å². The third kappa shape index (κ3) is 3.56. The molecule has 7 heteroatoms. The summed E-state index contributed by atoms with van der Waals surface area (Å²) in [6.45, 7) is 3.89. The van der Waals surface area contributed by atoms with E-state index in [9.17, 15) is 0 Å². The van der Waals surface area contributed by atoms with Crippen LogP contribution in [-0.2, 0) is 25.8 Å². The zero-order valence-corrected chi connectivity index (χ0v) is 15.0. The lowest BCUT2D eigenvalue weighted by Crippen LogP contribution is -2.16. The van der Waals surface area contributed by atoms with Gasteiger partial charge in [-0.15, -0.1) is 10.2 Å². The van der Waals surface area contributed by atoms with E-state index >= 15 is 0 Å². The van der Waals surface area contributed by atoms with Gasteiger partial charge in [-0.05, 0) is 31.4 Å². The summed E-state index contributed by atoms with van der Waals surface area (Å²) in [4.78, 5) is 13.6. The zero-order valence-electron chi connectivity index (χ0n) is 15.0. The molecule has 0 fully saturated rings. The van der Waals surface area contributed by atoms with Crippen LogP contribution in [0, 0.1) is 0 Å². The van der Waals surface area contributed by atoms with Gasteiger partial charge >= 0.3 is 0 Å². The summed E-state index contributed by atoms with van der Waals surface area (Å²) in [6, 6.07) is 7.78. The minimum atomic E-state index is 0.660. The number of hydrogen-bond acceptors (Lipinski definition) is 6. The van der Waals surface area contributed by atoms with Gasteiger partial charge in [-0.3, -0.25) is 4.98 Å². The first-order valence-electron chi connectivity index (χ1n) is 9.27. The van der Waals surface area contributed by atoms with Crippen molar-refractivity contribution in [2.24, 2.45) is 0 Å². The number of nitrogens with zero attached hydrogens (tertiary/aromatic N) is 6. The molecule has 0 saturated carbocycles. The van der Waals surface area contributed by atoms with Gasteiger partial charge in [-0.2, -0.15) is 0 Å². The predicted octanol–water partition coefficient (Wildman–Crippen LogP) is 2.68. The largest absolute Gasteiger partial charge is 0.369 e. The first-order chi connectivity index (χ1) is 12.8. The van der Waals surface area contributed by atoms with Gasteiger partial charge in [-0.1, -0.05) is 13.0 Å². The van der Waals surface area contributed by atoms with Crippen LogP contribution in [0.3, 0.4) is 0 Å². The highest BCUT2D eigenvalue weighted by atomic mass is 15.3. The molecule has 1 N–H and O–H groups in total. The first kappa shape index (κ1) is 16.6. The average Bonchev–Trinajstić information content (AvgIpc) is 3.12. The summed E-state index contributed by atoms with van der Waals surface area (Å²) in [5.74, 6) is 3.67. The third-order valence-corrected chi connectivity index (χ3v) is 4.63. The number of pyridine rings is 1. The number of rotatable bonds is 6. The Morgan fingerprint density at radius 1 is 1.15 bits per heavy atom. The Kier molecular flexibility index (Phi) is 4.86. The number of nitrogens with one attached hydrogen (secondary N) is 1. The summed E-state index contributed by atoms with van der Waals surface area (Å²) in [7, 11) is 0. The Labute approximate surface area is 152 Å². The fraction of sp³-hybridized carbons (Fsp3) is 0.421. The van der Waals surface area contributed by atoms with E-state index in [4.69, 9.17) is 0 Å². The molecule has 0 bridgehead atoms. The summed E-state index contributed by atoms with van der Waals surface area (Å²) in [5.41, 5.74) is 1.79. The van der Waals surface area contributed by atoms with E-state index in [0.29, 0.717) is 5.82 Å². The summed E-state index contributed by atoms with van der Waals surface area (Å²) in [6.07, 6.45) is 6.92. The molecule has 7 nitrogen and oxygen atoms in total. The van der Waals surface area contributed by atoms with Gasteiger partial charge in [0.2, 0.25) is 0 Å². The van der Waals surface area contributed by atoms with E-state index in [0.717, 1.165) is 61.2 Å². The zero-order chi connectivity index (χ0) is 17.8. The fourth-order valence-corrected chi connectivity index (χ4v) is 3.23. The summed E-state index contributed by atoms with van der Waals surface area (Å²) < 4.78 is 2.27. The topological polar surface area (TPSA) is 81.4 Å². The predicted molar refractivity (Wildman–Crippen MR) is 99.8 cm³/mol. The molecular weight excluding hydrogens is 326 g/mol. The average molecular weight is 349 g/mol. The maximum atomic E-state index is 4.63. The van der Waals surface area contributed by atoms with Gasteiger partial charge in [0, 0.05) is 43.9 Å². The van der Waals surface area contributed by atoms with Crippen LogP contribution < -0.4 is 5.32 Å². The van der Waals surface area contributed by atoms with Crippen LogP contribution in [0.2, 0.25) is 0 Å². The highest BCUT2D eigenvalue weighted by Gasteiger charge is 2.15. The molecule has 0 radical (unpaired) electrons. The second kappa shape index (κ2) is 7.59. The van der Waals surface area contributed by atoms with Crippen LogP contribution in [0.25, 0.3) is 11.5 Å². The lowest BCUT2D eigenvalue weighted by molar-refractivity contribution is 0.508. The maximum absolute atomic E-state index is 4.63. The quantitative estimate of drug-likeness (QED) is 0.737. The lowest BCUT2D eigenvalue weighted by Gasteiger charge is -2.15. The van der Waals surface area contributed by atoms with Gasteiger partial charge in [0.15, 0.2) is 5.82 Å². The highest BCUT2D eigenvalue weighted by Crippen LogP contribution is 2.17. The van der Waals surface area contributed by atoms with E-state index in [1.807, 2.05) is 24.3 Å². The molecule has 3 aromatic heterocycles. The van der Waals surface area contributed by atoms with Gasteiger partial charge in [-0.25, -0.2) is 9.97 Å². The summed E-state index contributed by atoms with van der Waals surface area (Å²) in [5, 5.41) is 12.1. The molecule has 0 unspecified atom stereocenters. The molecule has 3 aromatic rings. The van der Waals surface area contributed by atoms with Gasteiger partial charge in [0.25, 0.3) is 0 Å². The molecule has 0 aromatic carbocycles. The number of aryl methyl sites for hydroxylation is 2. The molecule has 134 valence electrons. The molecular formula is C19H23N7. The van der Waals surface area contributed by atoms with E-state index in [1.165, 1.54) is 12.8 Å². The number of hydrogen-bond donors (Lipinski definition) is 1. The minimum absolute atomic E-state index is 0.660. The van der Waals surface area contributed by atoms with E-state index in [1.54, 1.807) is 6.20 Å². The number of fused-ring (bicyclic) bond motifs is 1. The second-order valence-electron chi connectivity index (χ2n) is 6.45. The second-order valence-corrected chi connectivity index (χ2v) is 6.45. The molecule has 0 saturated heterocycles. The van der Waals surface area contributed by atoms with Crippen molar-refractivity contribution >= 4 is 5.82 Å². The van der Waals surface area contributed by atoms with Crippen molar-refractivity contribution in [2.45, 2.75) is 45.6 Å². The SMILES string of the molecule is CCc1cc(NCCc2nnc3n2CCCC3)nc(-c2ccccn2)n1. The smallest absolute Gasteiger partial charge is 0.180 e. The van der Waals surface area contributed by atoms with E-state index < -0.39 is 0 Å². The van der Waals surface area contributed by atoms with Crippen molar-refractivity contribution < 1.29 is 0 Å². The van der Waals surface area contributed by atoms with Crippen molar-refractivity contribution in [2.75, 3.05) is 11.9 Å². The summed E-state index contributed by atoms with van der Waals surface area (Å²) >= 11 is 0. The van der Waals surface area contributed by atoms with Crippen molar-refractivity contribution in [1.29, 1.82) is 0 Å². The van der Waals surface area contributed by atoms with E-state index in [-0.39, 0.29) is 0 Å². The van der Waals surface area contributed by atoms with Crippen molar-refractivity contribution in [1.82, 2.24) is 29.7 Å². The van der Waals surface area contributed by atoms with Gasteiger partial charge in [0.1, 0.15) is 23.2 Å². The molecule has 26 heavy (non-hydrogen) atoms. The first-order valence-corrected chi connectivity index (χ1v) is 9.27. The van der Waals surface area contributed by atoms with Crippen LogP contribution in [-0.4, -0.2) is 36.3 Å². The van der Waals surface area contributed by atoms with Crippen LogP contribution in [0.5, 0.6) is 0 Å². The standard InChI is InChI=1S/C19H23N7/c1-2-14-13-16(23-19(22-14)15-7-3-5-10-20-15)21-11-9-18-25-24-17-8-4-6-12-26(17)18/h3,5,7,10,13H,2,4,6,8-9,11-12H2,1H3,(H,21,22,23). The van der Waals surface area contributed by atoms with Crippen molar-refractivity contribution in [3.8, 4) is 11.5 Å². The van der Waals surface area contributed by atoms with Gasteiger partial charge < -0.3 is 9.88 Å². The Balaban J connectivity index is 1.47. The number of anilines is 1. The normalized spacial score (nSPS) is 13.4. The van der Waals surface area contributed by atoms with Crippen LogP contribution in [0.4, 0.5) is 5.82 Å². The van der Waals surface area contributed by atoms with Crippen LogP contribution in [0.15, 0.2) is 30.5 Å². The van der Waals surface area contributed by atoms with Crippen molar-refractivity contribution in [3.05, 3.63) is 47.8 Å². The maximum Gasteiger partial charge on any atom is 0.180 e. The Bertz CT molecular complexity index is 873. The molecule has 1 aliphatic rings. The Morgan fingerprint density at radius 2 is 2.12 bits per heavy atom. The molecule has 0 atom stereocenters. The minimum Gasteiger partial charge on any atom is -0.369 e. The third-order valence-electron chi connectivity index (χ3n) is 4.63. The monoisotopic (exact) mass is 349 g/mol. The fourth-order valence-electron chi connectivity index (χ4n) is 3.23. The molecule has 0 spiro atoms. The van der Waals surface area contributed by atoms with Crippen LogP contribution in [0.1, 0.15) is 37.1 Å². The lowest BCUT2D eigenvalue weighted by atomic mass is 10.1.